The molecule has 5 nitrogen and oxygen atoms in total. The van der Waals surface area contributed by atoms with Gasteiger partial charge in [0.2, 0.25) is 0 Å². The van der Waals surface area contributed by atoms with Gasteiger partial charge in [-0.15, -0.1) is 11.3 Å². The van der Waals surface area contributed by atoms with Gasteiger partial charge in [-0.2, -0.15) is 5.26 Å². The molecule has 21 heavy (non-hydrogen) atoms. The third kappa shape index (κ3) is 2.32. The molecular weight excluding hydrogens is 284 g/mol. The van der Waals surface area contributed by atoms with Crippen LogP contribution in [0, 0.1) is 11.3 Å². The Balaban J connectivity index is 2.35. The molecule has 0 saturated carbocycles. The molecule has 0 aliphatic rings. The molecule has 0 aromatic carbocycles. The van der Waals surface area contributed by atoms with Crippen LogP contribution in [0.5, 0.6) is 0 Å². The van der Waals surface area contributed by atoms with E-state index in [-0.39, 0.29) is 12.1 Å². The van der Waals surface area contributed by atoms with E-state index in [4.69, 9.17) is 5.26 Å². The van der Waals surface area contributed by atoms with Crippen molar-refractivity contribution in [2.45, 2.75) is 19.9 Å². The highest BCUT2D eigenvalue weighted by Crippen LogP contribution is 2.25. The Bertz CT molecular complexity index is 890. The minimum absolute atomic E-state index is 0.0171. The van der Waals surface area contributed by atoms with Crippen LogP contribution in [0.3, 0.4) is 0 Å². The zero-order valence-corrected chi connectivity index (χ0v) is 12.2. The van der Waals surface area contributed by atoms with Crippen molar-refractivity contribution in [3.05, 3.63) is 45.8 Å². The van der Waals surface area contributed by atoms with Crippen LogP contribution in [0.25, 0.3) is 21.6 Å². The molecule has 0 N–H and O–H groups in total. The average Bonchev–Trinajstić information content (AvgIpc) is 2.94. The molecule has 0 spiro atoms. The fourth-order valence-corrected chi connectivity index (χ4v) is 3.14. The first-order valence-electron chi connectivity index (χ1n) is 6.55. The first-order chi connectivity index (χ1) is 10.2. The van der Waals surface area contributed by atoms with Crippen LogP contribution in [0.15, 0.2) is 35.4 Å². The molecule has 0 atom stereocenters. The van der Waals surface area contributed by atoms with E-state index in [0.717, 1.165) is 21.7 Å². The molecule has 0 radical (unpaired) electrons. The summed E-state index contributed by atoms with van der Waals surface area (Å²) >= 11 is 1.52. The quantitative estimate of drug-likeness (QED) is 0.744. The van der Waals surface area contributed by atoms with E-state index in [2.05, 4.69) is 9.97 Å². The fraction of sp³-hybridized carbons (Fsp3) is 0.200. The zero-order chi connectivity index (χ0) is 14.8. The van der Waals surface area contributed by atoms with Crippen molar-refractivity contribution in [3.8, 4) is 17.5 Å². The molecule has 3 heterocycles. The number of pyridine rings is 1. The lowest BCUT2D eigenvalue weighted by molar-refractivity contribution is 0.788. The van der Waals surface area contributed by atoms with E-state index in [1.165, 1.54) is 15.9 Å². The van der Waals surface area contributed by atoms with Crippen LogP contribution in [0.2, 0.25) is 0 Å². The fourth-order valence-electron chi connectivity index (χ4n) is 2.18. The van der Waals surface area contributed by atoms with Gasteiger partial charge < -0.3 is 0 Å². The molecular formula is C15H12N4OS. The highest BCUT2D eigenvalue weighted by molar-refractivity contribution is 7.18. The molecule has 0 amide bonds. The number of fused-ring (bicyclic) bond motifs is 1. The summed E-state index contributed by atoms with van der Waals surface area (Å²) in [4.78, 5) is 23.0. The molecule has 0 fully saturated rings. The Kier molecular flexibility index (Phi) is 3.50. The summed E-state index contributed by atoms with van der Waals surface area (Å²) in [7, 11) is 0. The van der Waals surface area contributed by atoms with Crippen molar-refractivity contribution in [1.29, 1.82) is 5.26 Å². The summed E-state index contributed by atoms with van der Waals surface area (Å²) in [6.45, 7) is 2.03. The number of hydrogen-bond acceptors (Lipinski definition) is 5. The monoisotopic (exact) mass is 296 g/mol. The zero-order valence-electron chi connectivity index (χ0n) is 11.4. The van der Waals surface area contributed by atoms with Gasteiger partial charge in [-0.05, 0) is 24.6 Å². The SMILES string of the molecule is CCc1cc2c(=O)n(CC#N)c(-c3ccncc3)nc2s1. The molecule has 3 aromatic heterocycles. The van der Waals surface area contributed by atoms with Gasteiger partial charge in [0.05, 0.1) is 11.5 Å². The van der Waals surface area contributed by atoms with Gasteiger partial charge in [-0.25, -0.2) is 4.98 Å². The van der Waals surface area contributed by atoms with Gasteiger partial charge in [-0.3, -0.25) is 14.3 Å². The van der Waals surface area contributed by atoms with Crippen molar-refractivity contribution in [2.75, 3.05) is 0 Å². The standard InChI is InChI=1S/C15H12N4OS/c1-2-11-9-12-14(21-11)18-13(10-3-6-17-7-4-10)19(8-5-16)15(12)20/h3-4,6-7,9H,2,8H2,1H3. The van der Waals surface area contributed by atoms with Crippen LogP contribution in [-0.4, -0.2) is 14.5 Å². The number of thiophene rings is 1. The van der Waals surface area contributed by atoms with Crippen molar-refractivity contribution >= 4 is 21.6 Å². The van der Waals surface area contributed by atoms with Crippen molar-refractivity contribution in [1.82, 2.24) is 14.5 Å². The molecule has 0 saturated heterocycles. The smallest absolute Gasteiger partial charge is 0.263 e. The Hall–Kier alpha value is -2.52. The summed E-state index contributed by atoms with van der Waals surface area (Å²) in [5, 5.41) is 9.58. The summed E-state index contributed by atoms with van der Waals surface area (Å²) in [5.41, 5.74) is 0.620. The van der Waals surface area contributed by atoms with Gasteiger partial charge in [-0.1, -0.05) is 6.92 Å². The molecule has 0 aliphatic heterocycles. The Morgan fingerprint density at radius 3 is 2.81 bits per heavy atom. The van der Waals surface area contributed by atoms with Gasteiger partial charge in [0.1, 0.15) is 17.2 Å². The van der Waals surface area contributed by atoms with Gasteiger partial charge in [0.25, 0.3) is 5.56 Å². The first kappa shape index (κ1) is 13.5. The molecule has 0 aliphatic carbocycles. The van der Waals surface area contributed by atoms with E-state index in [0.29, 0.717) is 11.2 Å². The molecule has 3 rings (SSSR count). The highest BCUT2D eigenvalue weighted by atomic mass is 32.1. The van der Waals surface area contributed by atoms with Gasteiger partial charge in [0, 0.05) is 22.8 Å². The largest absolute Gasteiger partial charge is 0.278 e. The Labute approximate surface area is 125 Å². The number of nitriles is 1. The van der Waals surface area contributed by atoms with Gasteiger partial charge >= 0.3 is 0 Å². The van der Waals surface area contributed by atoms with Gasteiger partial charge in [0.15, 0.2) is 0 Å². The molecule has 6 heteroatoms. The Morgan fingerprint density at radius 1 is 1.38 bits per heavy atom. The molecule has 3 aromatic rings. The highest BCUT2D eigenvalue weighted by Gasteiger charge is 2.14. The topological polar surface area (TPSA) is 71.6 Å². The second-order valence-corrected chi connectivity index (χ2v) is 5.62. The normalized spacial score (nSPS) is 10.7. The molecule has 0 unspecified atom stereocenters. The summed E-state index contributed by atoms with van der Waals surface area (Å²) in [6.07, 6.45) is 4.16. The second kappa shape index (κ2) is 5.46. The Morgan fingerprint density at radius 2 is 2.14 bits per heavy atom. The maximum absolute atomic E-state index is 12.6. The third-order valence-corrected chi connectivity index (χ3v) is 4.39. The number of aryl methyl sites for hydroxylation is 1. The maximum Gasteiger partial charge on any atom is 0.263 e. The minimum atomic E-state index is -0.163. The van der Waals surface area contributed by atoms with Crippen LogP contribution in [-0.2, 0) is 13.0 Å². The lowest BCUT2D eigenvalue weighted by Crippen LogP contribution is -2.22. The maximum atomic E-state index is 12.6. The summed E-state index contributed by atoms with van der Waals surface area (Å²) < 4.78 is 1.42. The van der Waals surface area contributed by atoms with Crippen LogP contribution >= 0.6 is 11.3 Å². The summed E-state index contributed by atoms with van der Waals surface area (Å²) in [5.74, 6) is 0.515. The van der Waals surface area contributed by atoms with E-state index >= 15 is 0 Å². The van der Waals surface area contributed by atoms with Crippen molar-refractivity contribution in [3.63, 3.8) is 0 Å². The first-order valence-corrected chi connectivity index (χ1v) is 7.37. The number of hydrogen-bond donors (Lipinski definition) is 0. The van der Waals surface area contributed by atoms with E-state index in [1.807, 2.05) is 19.1 Å². The lowest BCUT2D eigenvalue weighted by atomic mass is 10.2. The average molecular weight is 296 g/mol. The number of aromatic nitrogens is 3. The van der Waals surface area contributed by atoms with E-state index in [9.17, 15) is 4.79 Å². The lowest BCUT2D eigenvalue weighted by Gasteiger charge is -2.08. The van der Waals surface area contributed by atoms with Crippen LogP contribution in [0.4, 0.5) is 0 Å². The van der Waals surface area contributed by atoms with Crippen LogP contribution < -0.4 is 5.56 Å². The predicted octanol–water partition coefficient (Wildman–Crippen LogP) is 2.61. The van der Waals surface area contributed by atoms with E-state index in [1.54, 1.807) is 24.5 Å². The van der Waals surface area contributed by atoms with Crippen LogP contribution in [0.1, 0.15) is 11.8 Å². The van der Waals surface area contributed by atoms with Crippen molar-refractivity contribution in [2.24, 2.45) is 0 Å². The number of nitrogens with zero attached hydrogens (tertiary/aromatic N) is 4. The van der Waals surface area contributed by atoms with E-state index < -0.39 is 0 Å². The third-order valence-electron chi connectivity index (χ3n) is 3.22. The minimum Gasteiger partial charge on any atom is -0.278 e. The van der Waals surface area contributed by atoms with Crippen molar-refractivity contribution < 1.29 is 0 Å². The predicted molar refractivity (Wildman–Crippen MR) is 82.1 cm³/mol. The second-order valence-electron chi connectivity index (χ2n) is 4.51. The summed E-state index contributed by atoms with van der Waals surface area (Å²) in [6, 6.07) is 7.48. The molecule has 104 valence electrons. The number of rotatable bonds is 3. The molecule has 0 bridgehead atoms.